The molecule has 0 spiro atoms. The van der Waals surface area contributed by atoms with Crippen molar-refractivity contribution in [1.29, 1.82) is 0 Å². The Hall–Kier alpha value is -2.04. The topological polar surface area (TPSA) is 37.8 Å². The van der Waals surface area contributed by atoms with E-state index in [9.17, 15) is 8.78 Å². The minimum absolute atomic E-state index is 0.548. The van der Waals surface area contributed by atoms with E-state index in [0.29, 0.717) is 17.1 Å². The van der Waals surface area contributed by atoms with Crippen molar-refractivity contribution in [3.05, 3.63) is 41.2 Å². The molecule has 0 aliphatic heterocycles. The highest BCUT2D eigenvalue weighted by atomic mass is 19.2. The highest BCUT2D eigenvalue weighted by Gasteiger charge is 2.12. The molecule has 0 atom stereocenters. The SMILES string of the molecule is CCCNc1nc(C)nc(-c2ccc(F)c(F)c2)c1C. The van der Waals surface area contributed by atoms with Crippen molar-refractivity contribution in [3.8, 4) is 11.3 Å². The zero-order chi connectivity index (χ0) is 14.7. The van der Waals surface area contributed by atoms with Gasteiger partial charge < -0.3 is 5.32 Å². The van der Waals surface area contributed by atoms with Crippen LogP contribution in [0.25, 0.3) is 11.3 Å². The van der Waals surface area contributed by atoms with Crippen LogP contribution in [-0.4, -0.2) is 16.5 Å². The summed E-state index contributed by atoms with van der Waals surface area (Å²) in [6.45, 7) is 6.51. The molecule has 106 valence electrons. The third-order valence-corrected chi connectivity index (χ3v) is 2.99. The van der Waals surface area contributed by atoms with E-state index in [-0.39, 0.29) is 0 Å². The predicted octanol–water partition coefficient (Wildman–Crippen LogP) is 3.86. The van der Waals surface area contributed by atoms with E-state index in [1.807, 2.05) is 6.92 Å². The predicted molar refractivity (Wildman–Crippen MR) is 75.6 cm³/mol. The molecule has 1 N–H and O–H groups in total. The summed E-state index contributed by atoms with van der Waals surface area (Å²) in [6, 6.07) is 3.80. The lowest BCUT2D eigenvalue weighted by atomic mass is 10.1. The van der Waals surface area contributed by atoms with Gasteiger partial charge in [-0.05, 0) is 38.5 Å². The van der Waals surface area contributed by atoms with E-state index < -0.39 is 11.6 Å². The monoisotopic (exact) mass is 277 g/mol. The molecule has 0 aliphatic rings. The average molecular weight is 277 g/mol. The number of nitrogens with one attached hydrogen (secondary N) is 1. The lowest BCUT2D eigenvalue weighted by Gasteiger charge is -2.13. The van der Waals surface area contributed by atoms with E-state index in [0.717, 1.165) is 36.5 Å². The van der Waals surface area contributed by atoms with Gasteiger partial charge >= 0.3 is 0 Å². The average Bonchev–Trinajstić information content (AvgIpc) is 2.42. The van der Waals surface area contributed by atoms with Crippen LogP contribution in [0.5, 0.6) is 0 Å². The maximum absolute atomic E-state index is 13.4. The Morgan fingerprint density at radius 3 is 2.50 bits per heavy atom. The van der Waals surface area contributed by atoms with Gasteiger partial charge in [0, 0.05) is 17.7 Å². The van der Waals surface area contributed by atoms with Crippen LogP contribution in [0.2, 0.25) is 0 Å². The van der Waals surface area contributed by atoms with E-state index in [1.54, 1.807) is 6.92 Å². The minimum atomic E-state index is -0.874. The minimum Gasteiger partial charge on any atom is -0.370 e. The van der Waals surface area contributed by atoms with Gasteiger partial charge in [-0.1, -0.05) is 6.92 Å². The van der Waals surface area contributed by atoms with Crippen LogP contribution in [0, 0.1) is 25.5 Å². The summed E-state index contributed by atoms with van der Waals surface area (Å²) in [7, 11) is 0. The van der Waals surface area contributed by atoms with Gasteiger partial charge in [0.25, 0.3) is 0 Å². The number of hydrogen-bond acceptors (Lipinski definition) is 3. The maximum Gasteiger partial charge on any atom is 0.159 e. The number of halogens is 2. The van der Waals surface area contributed by atoms with Crippen molar-refractivity contribution in [2.45, 2.75) is 27.2 Å². The Bertz CT molecular complexity index is 627. The van der Waals surface area contributed by atoms with E-state index in [2.05, 4.69) is 22.2 Å². The summed E-state index contributed by atoms with van der Waals surface area (Å²) in [5, 5.41) is 3.22. The summed E-state index contributed by atoms with van der Waals surface area (Å²) in [5.41, 5.74) is 2.00. The third-order valence-electron chi connectivity index (χ3n) is 2.99. The van der Waals surface area contributed by atoms with Crippen LogP contribution < -0.4 is 5.32 Å². The van der Waals surface area contributed by atoms with Gasteiger partial charge in [-0.2, -0.15) is 0 Å². The number of anilines is 1. The molecule has 20 heavy (non-hydrogen) atoms. The number of hydrogen-bond donors (Lipinski definition) is 1. The van der Waals surface area contributed by atoms with Crippen LogP contribution in [0.3, 0.4) is 0 Å². The Balaban J connectivity index is 2.50. The van der Waals surface area contributed by atoms with Gasteiger partial charge in [-0.3, -0.25) is 0 Å². The largest absolute Gasteiger partial charge is 0.370 e. The van der Waals surface area contributed by atoms with Crippen molar-refractivity contribution >= 4 is 5.82 Å². The Kier molecular flexibility index (Phi) is 4.27. The Morgan fingerprint density at radius 2 is 1.85 bits per heavy atom. The first kappa shape index (κ1) is 14.4. The second kappa shape index (κ2) is 5.94. The molecule has 3 nitrogen and oxygen atoms in total. The second-order valence-electron chi connectivity index (χ2n) is 4.65. The normalized spacial score (nSPS) is 10.7. The molecule has 1 aromatic heterocycles. The number of aryl methyl sites for hydroxylation is 1. The lowest BCUT2D eigenvalue weighted by molar-refractivity contribution is 0.509. The maximum atomic E-state index is 13.4. The Labute approximate surface area is 117 Å². The van der Waals surface area contributed by atoms with Crippen LogP contribution >= 0.6 is 0 Å². The molecule has 0 radical (unpaired) electrons. The third kappa shape index (κ3) is 2.92. The fourth-order valence-corrected chi connectivity index (χ4v) is 1.97. The summed E-state index contributed by atoms with van der Waals surface area (Å²) >= 11 is 0. The molecule has 2 aromatic rings. The second-order valence-corrected chi connectivity index (χ2v) is 4.65. The molecule has 5 heteroatoms. The number of nitrogens with zero attached hydrogens (tertiary/aromatic N) is 2. The standard InChI is InChI=1S/C15H17F2N3/c1-4-7-18-15-9(2)14(19-10(3)20-15)11-5-6-12(16)13(17)8-11/h5-6,8H,4,7H2,1-3H3,(H,18,19,20). The number of benzene rings is 1. The van der Waals surface area contributed by atoms with E-state index >= 15 is 0 Å². The number of rotatable bonds is 4. The van der Waals surface area contributed by atoms with Crippen molar-refractivity contribution in [2.75, 3.05) is 11.9 Å². The number of aromatic nitrogens is 2. The zero-order valence-electron chi connectivity index (χ0n) is 11.8. The van der Waals surface area contributed by atoms with Gasteiger partial charge in [0.2, 0.25) is 0 Å². The summed E-state index contributed by atoms with van der Waals surface area (Å²) in [6.07, 6.45) is 0.975. The molecule has 0 aliphatic carbocycles. The summed E-state index contributed by atoms with van der Waals surface area (Å²) in [4.78, 5) is 8.69. The van der Waals surface area contributed by atoms with E-state index in [4.69, 9.17) is 0 Å². The van der Waals surface area contributed by atoms with Crippen molar-refractivity contribution < 1.29 is 8.78 Å². The lowest BCUT2D eigenvalue weighted by Crippen LogP contribution is -2.07. The van der Waals surface area contributed by atoms with Crippen LogP contribution in [-0.2, 0) is 0 Å². The highest BCUT2D eigenvalue weighted by Crippen LogP contribution is 2.26. The van der Waals surface area contributed by atoms with Gasteiger partial charge in [0.15, 0.2) is 11.6 Å². The fraction of sp³-hybridized carbons (Fsp3) is 0.333. The molecule has 1 aromatic carbocycles. The quantitative estimate of drug-likeness (QED) is 0.922. The smallest absolute Gasteiger partial charge is 0.159 e. The summed E-state index contributed by atoms with van der Waals surface area (Å²) in [5.74, 6) is -0.407. The van der Waals surface area contributed by atoms with Gasteiger partial charge in [0.05, 0.1) is 5.69 Å². The molecule has 0 bridgehead atoms. The fourth-order valence-electron chi connectivity index (χ4n) is 1.97. The van der Waals surface area contributed by atoms with Crippen molar-refractivity contribution in [1.82, 2.24) is 9.97 Å². The molecule has 2 rings (SSSR count). The molecule has 0 saturated carbocycles. The molecule has 0 fully saturated rings. The van der Waals surface area contributed by atoms with Crippen molar-refractivity contribution in [2.24, 2.45) is 0 Å². The van der Waals surface area contributed by atoms with Crippen LogP contribution in [0.1, 0.15) is 24.7 Å². The molecular weight excluding hydrogens is 260 g/mol. The first-order valence-electron chi connectivity index (χ1n) is 6.57. The van der Waals surface area contributed by atoms with Crippen LogP contribution in [0.15, 0.2) is 18.2 Å². The first-order chi connectivity index (χ1) is 9.52. The molecule has 0 amide bonds. The van der Waals surface area contributed by atoms with Gasteiger partial charge in [0.1, 0.15) is 11.6 Å². The summed E-state index contributed by atoms with van der Waals surface area (Å²) < 4.78 is 26.4. The molecular formula is C15H17F2N3. The molecule has 0 saturated heterocycles. The Morgan fingerprint density at radius 1 is 1.10 bits per heavy atom. The zero-order valence-corrected chi connectivity index (χ0v) is 11.8. The van der Waals surface area contributed by atoms with E-state index in [1.165, 1.54) is 6.07 Å². The van der Waals surface area contributed by atoms with Gasteiger partial charge in [-0.15, -0.1) is 0 Å². The molecule has 0 unspecified atom stereocenters. The molecule has 1 heterocycles. The first-order valence-corrected chi connectivity index (χ1v) is 6.57. The highest BCUT2D eigenvalue weighted by molar-refractivity contribution is 5.68. The van der Waals surface area contributed by atoms with Crippen LogP contribution in [0.4, 0.5) is 14.6 Å². The van der Waals surface area contributed by atoms with Crippen molar-refractivity contribution in [3.63, 3.8) is 0 Å². The van der Waals surface area contributed by atoms with Gasteiger partial charge in [-0.25, -0.2) is 18.7 Å².